The molecule has 0 bridgehead atoms. The van der Waals surface area contributed by atoms with Crippen molar-refractivity contribution in [3.8, 4) is 0 Å². The maximum atomic E-state index is 12.2. The Morgan fingerprint density at radius 3 is 2.65 bits per heavy atom. The van der Waals surface area contributed by atoms with E-state index in [1.165, 1.54) is 11.8 Å². The number of aromatic nitrogens is 1. The van der Waals surface area contributed by atoms with Crippen molar-refractivity contribution in [2.24, 2.45) is 0 Å². The number of thioether (sulfide) groups is 1. The fourth-order valence-electron chi connectivity index (χ4n) is 2.33. The molecule has 0 aliphatic rings. The highest BCUT2D eigenvalue weighted by molar-refractivity contribution is 7.99. The van der Waals surface area contributed by atoms with Crippen LogP contribution in [-0.4, -0.2) is 44.4 Å². The summed E-state index contributed by atoms with van der Waals surface area (Å²) in [5.74, 6) is 0.323. The van der Waals surface area contributed by atoms with Crippen molar-refractivity contribution in [1.29, 1.82) is 0 Å². The Morgan fingerprint density at radius 1 is 1.23 bits per heavy atom. The van der Waals surface area contributed by atoms with Crippen LogP contribution in [0.4, 0.5) is 5.69 Å². The molecule has 0 atom stereocenters. The number of pyridine rings is 1. The van der Waals surface area contributed by atoms with E-state index in [1.54, 1.807) is 12.3 Å². The minimum absolute atomic E-state index is 0.239. The number of amides is 1. The Labute approximate surface area is 159 Å². The van der Waals surface area contributed by atoms with Gasteiger partial charge < -0.3 is 5.32 Å². The zero-order valence-electron chi connectivity index (χ0n) is 15.1. The number of carbonyl (C=O) groups excluding carboxylic acids is 1. The van der Waals surface area contributed by atoms with Crippen LogP contribution in [-0.2, 0) is 14.8 Å². The molecule has 0 spiro atoms. The molecule has 0 saturated heterocycles. The zero-order valence-corrected chi connectivity index (χ0v) is 16.7. The van der Waals surface area contributed by atoms with Crippen LogP contribution in [0.1, 0.15) is 11.1 Å². The minimum atomic E-state index is -3.57. The maximum absolute atomic E-state index is 12.2. The van der Waals surface area contributed by atoms with Gasteiger partial charge in [0.1, 0.15) is 6.54 Å². The number of aryl methyl sites for hydroxylation is 2. The van der Waals surface area contributed by atoms with E-state index in [9.17, 15) is 13.2 Å². The van der Waals surface area contributed by atoms with Gasteiger partial charge >= 0.3 is 0 Å². The summed E-state index contributed by atoms with van der Waals surface area (Å²) >= 11 is 1.53. The van der Waals surface area contributed by atoms with Gasteiger partial charge in [-0.05, 0) is 43.2 Å². The van der Waals surface area contributed by atoms with Gasteiger partial charge in [-0.25, -0.2) is 13.4 Å². The number of rotatable bonds is 8. The second-order valence-electron chi connectivity index (χ2n) is 5.93. The van der Waals surface area contributed by atoms with Gasteiger partial charge in [-0.2, -0.15) is 0 Å². The van der Waals surface area contributed by atoms with Crippen molar-refractivity contribution in [3.63, 3.8) is 0 Å². The van der Waals surface area contributed by atoms with Crippen LogP contribution in [0.15, 0.2) is 47.6 Å². The number of anilines is 1. The first-order valence-corrected chi connectivity index (χ1v) is 11.0. The molecule has 0 aliphatic carbocycles. The predicted molar refractivity (Wildman–Crippen MR) is 106 cm³/mol. The lowest BCUT2D eigenvalue weighted by Gasteiger charge is -2.24. The summed E-state index contributed by atoms with van der Waals surface area (Å²) in [6.45, 7) is 3.91. The van der Waals surface area contributed by atoms with Gasteiger partial charge in [-0.3, -0.25) is 9.10 Å². The van der Waals surface area contributed by atoms with Crippen LogP contribution in [0.25, 0.3) is 0 Å². The SMILES string of the molecule is Cc1ccc(C)c(N(CC(=O)NCCSc2ccccn2)S(C)(=O)=O)c1. The highest BCUT2D eigenvalue weighted by Crippen LogP contribution is 2.23. The number of benzene rings is 1. The molecule has 1 N–H and O–H groups in total. The monoisotopic (exact) mass is 393 g/mol. The van der Waals surface area contributed by atoms with Gasteiger partial charge in [0.15, 0.2) is 0 Å². The summed E-state index contributed by atoms with van der Waals surface area (Å²) in [5.41, 5.74) is 2.27. The highest BCUT2D eigenvalue weighted by atomic mass is 32.2. The van der Waals surface area contributed by atoms with Crippen molar-refractivity contribution in [1.82, 2.24) is 10.3 Å². The lowest BCUT2D eigenvalue weighted by molar-refractivity contribution is -0.119. The molecule has 0 fully saturated rings. The topological polar surface area (TPSA) is 79.4 Å². The van der Waals surface area contributed by atoms with Crippen molar-refractivity contribution in [3.05, 3.63) is 53.7 Å². The van der Waals surface area contributed by atoms with E-state index in [0.717, 1.165) is 26.7 Å². The van der Waals surface area contributed by atoms with Gasteiger partial charge in [0.2, 0.25) is 15.9 Å². The third kappa shape index (κ3) is 6.03. The van der Waals surface area contributed by atoms with Crippen molar-refractivity contribution in [2.45, 2.75) is 18.9 Å². The smallest absolute Gasteiger partial charge is 0.240 e. The molecule has 8 heteroatoms. The van der Waals surface area contributed by atoms with E-state index in [0.29, 0.717) is 18.0 Å². The van der Waals surface area contributed by atoms with Crippen LogP contribution in [0, 0.1) is 13.8 Å². The van der Waals surface area contributed by atoms with E-state index < -0.39 is 10.0 Å². The van der Waals surface area contributed by atoms with Gasteiger partial charge in [0.05, 0.1) is 17.0 Å². The third-order valence-electron chi connectivity index (χ3n) is 3.63. The average molecular weight is 394 g/mol. The first-order chi connectivity index (χ1) is 12.3. The minimum Gasteiger partial charge on any atom is -0.354 e. The molecule has 140 valence electrons. The maximum Gasteiger partial charge on any atom is 0.240 e. The normalized spacial score (nSPS) is 11.2. The van der Waals surface area contributed by atoms with Gasteiger partial charge in [0, 0.05) is 18.5 Å². The second-order valence-corrected chi connectivity index (χ2v) is 8.95. The summed E-state index contributed by atoms with van der Waals surface area (Å²) in [4.78, 5) is 16.4. The molecule has 1 aromatic carbocycles. The number of nitrogens with zero attached hydrogens (tertiary/aromatic N) is 2. The molecular weight excluding hydrogens is 370 g/mol. The Morgan fingerprint density at radius 2 is 2.00 bits per heavy atom. The van der Waals surface area contributed by atoms with E-state index in [4.69, 9.17) is 0 Å². The Bertz CT molecular complexity index is 855. The molecule has 0 saturated carbocycles. The van der Waals surface area contributed by atoms with Crippen molar-refractivity contribution < 1.29 is 13.2 Å². The van der Waals surface area contributed by atoms with E-state index in [1.807, 2.05) is 44.2 Å². The Balaban J connectivity index is 1.96. The van der Waals surface area contributed by atoms with Gasteiger partial charge in [0.25, 0.3) is 0 Å². The Hall–Kier alpha value is -2.06. The molecule has 26 heavy (non-hydrogen) atoms. The number of hydrogen-bond acceptors (Lipinski definition) is 5. The van der Waals surface area contributed by atoms with Crippen LogP contribution in [0.2, 0.25) is 0 Å². The molecule has 1 aromatic heterocycles. The number of hydrogen-bond donors (Lipinski definition) is 1. The summed E-state index contributed by atoms with van der Waals surface area (Å²) < 4.78 is 25.5. The number of nitrogens with one attached hydrogen (secondary N) is 1. The van der Waals surface area contributed by atoms with Crippen LogP contribution in [0.3, 0.4) is 0 Å². The first kappa shape index (κ1) is 20.3. The average Bonchev–Trinajstić information content (AvgIpc) is 2.59. The quantitative estimate of drug-likeness (QED) is 0.550. The summed E-state index contributed by atoms with van der Waals surface area (Å²) in [6, 6.07) is 11.2. The van der Waals surface area contributed by atoms with Gasteiger partial charge in [-0.15, -0.1) is 11.8 Å². The molecule has 2 rings (SSSR count). The summed E-state index contributed by atoms with van der Waals surface area (Å²) in [5, 5.41) is 3.65. The van der Waals surface area contributed by atoms with Crippen LogP contribution < -0.4 is 9.62 Å². The first-order valence-electron chi connectivity index (χ1n) is 8.13. The third-order valence-corrected chi connectivity index (χ3v) is 5.70. The highest BCUT2D eigenvalue weighted by Gasteiger charge is 2.22. The molecule has 2 aromatic rings. The van der Waals surface area contributed by atoms with Gasteiger partial charge in [-0.1, -0.05) is 18.2 Å². The molecular formula is C18H23N3O3S2. The Kier molecular flexibility index (Phi) is 7.05. The second kappa shape index (κ2) is 9.05. The fraction of sp³-hybridized carbons (Fsp3) is 0.333. The molecule has 0 unspecified atom stereocenters. The summed E-state index contributed by atoms with van der Waals surface area (Å²) in [7, 11) is -3.57. The van der Waals surface area contributed by atoms with E-state index in [2.05, 4.69) is 10.3 Å². The molecule has 0 radical (unpaired) electrons. The van der Waals surface area contributed by atoms with Crippen molar-refractivity contribution in [2.75, 3.05) is 29.4 Å². The molecule has 0 aliphatic heterocycles. The zero-order chi connectivity index (χ0) is 19.2. The van der Waals surface area contributed by atoms with Crippen LogP contribution in [0.5, 0.6) is 0 Å². The number of sulfonamides is 1. The lowest BCUT2D eigenvalue weighted by Crippen LogP contribution is -2.41. The lowest BCUT2D eigenvalue weighted by atomic mass is 10.1. The standard InChI is InChI=1S/C18H23N3O3S2/c1-14-7-8-15(2)16(12-14)21(26(3,23)24)13-17(22)19-10-11-25-18-6-4-5-9-20-18/h4-9,12H,10-11,13H2,1-3H3,(H,19,22). The molecule has 6 nitrogen and oxygen atoms in total. The predicted octanol–water partition coefficient (Wildman–Crippen LogP) is 2.37. The van der Waals surface area contributed by atoms with Crippen LogP contribution >= 0.6 is 11.8 Å². The molecule has 1 heterocycles. The summed E-state index contributed by atoms with van der Waals surface area (Å²) in [6.07, 6.45) is 2.83. The number of carbonyl (C=O) groups is 1. The van der Waals surface area contributed by atoms with Crippen molar-refractivity contribution >= 4 is 33.4 Å². The fourth-order valence-corrected chi connectivity index (χ4v) is 3.96. The molecule has 1 amide bonds. The van der Waals surface area contributed by atoms with E-state index in [-0.39, 0.29) is 12.5 Å². The van der Waals surface area contributed by atoms with E-state index >= 15 is 0 Å². The largest absolute Gasteiger partial charge is 0.354 e.